The number of hydrogen-bond donors (Lipinski definition) is 0. The predicted octanol–water partition coefficient (Wildman–Crippen LogP) is 9.35. The Morgan fingerprint density at radius 2 is 1.29 bits per heavy atom. The van der Waals surface area contributed by atoms with Gasteiger partial charge in [0, 0.05) is 11.5 Å². The molecule has 0 N–H and O–H groups in total. The van der Waals surface area contributed by atoms with Crippen molar-refractivity contribution >= 4 is 0 Å². The van der Waals surface area contributed by atoms with Crippen molar-refractivity contribution in [3.63, 3.8) is 0 Å². The highest BCUT2D eigenvalue weighted by molar-refractivity contribution is 5.36. The van der Waals surface area contributed by atoms with E-state index in [0.29, 0.717) is 5.92 Å². The van der Waals surface area contributed by atoms with Crippen LogP contribution in [-0.4, -0.2) is 0 Å². The van der Waals surface area contributed by atoms with Crippen LogP contribution in [0.3, 0.4) is 0 Å². The van der Waals surface area contributed by atoms with Gasteiger partial charge in [-0.25, -0.2) is 0 Å². The van der Waals surface area contributed by atoms with Crippen molar-refractivity contribution in [2.45, 2.75) is 123 Å². The molecule has 1 aromatic rings. The lowest BCUT2D eigenvalue weighted by atomic mass is 9.69. The second-order valence-electron chi connectivity index (χ2n) is 10.7. The van der Waals surface area contributed by atoms with Crippen molar-refractivity contribution in [3.05, 3.63) is 35.4 Å². The summed E-state index contributed by atoms with van der Waals surface area (Å²) in [5.41, 5.74) is 2.68. The Labute approximate surface area is 194 Å². The van der Waals surface area contributed by atoms with E-state index in [2.05, 4.69) is 50.0 Å². The van der Waals surface area contributed by atoms with Crippen LogP contribution >= 0.6 is 0 Å². The number of hydrogen-bond acceptors (Lipinski definition) is 0. The van der Waals surface area contributed by atoms with Crippen molar-refractivity contribution in [1.29, 1.82) is 0 Å². The largest absolute Gasteiger partial charge is 0.0945 e. The molecule has 31 heavy (non-hydrogen) atoms. The van der Waals surface area contributed by atoms with E-state index in [1.165, 1.54) is 120 Å². The SMILES string of the molecule is CCCCCCc1ccc(C#CC2CCC(C3CCC(CCCCC)CC3)CC2)cc1. The molecule has 3 rings (SSSR count). The van der Waals surface area contributed by atoms with Crippen molar-refractivity contribution in [2.24, 2.45) is 23.7 Å². The Bertz CT molecular complexity index is 642. The summed E-state index contributed by atoms with van der Waals surface area (Å²) >= 11 is 0. The summed E-state index contributed by atoms with van der Waals surface area (Å²) in [6, 6.07) is 9.08. The lowest BCUT2D eigenvalue weighted by molar-refractivity contribution is 0.153. The third-order valence-electron chi connectivity index (χ3n) is 8.24. The first-order chi connectivity index (χ1) is 15.3. The van der Waals surface area contributed by atoms with Gasteiger partial charge < -0.3 is 0 Å². The second-order valence-corrected chi connectivity index (χ2v) is 10.7. The van der Waals surface area contributed by atoms with Crippen LogP contribution in [0, 0.1) is 35.5 Å². The second kappa shape index (κ2) is 14.0. The molecule has 0 saturated heterocycles. The molecule has 0 amide bonds. The average molecular weight is 421 g/mol. The molecule has 0 nitrogen and oxygen atoms in total. The summed E-state index contributed by atoms with van der Waals surface area (Å²) in [4.78, 5) is 0. The fourth-order valence-corrected chi connectivity index (χ4v) is 6.06. The predicted molar refractivity (Wildman–Crippen MR) is 136 cm³/mol. The normalized spacial score (nSPS) is 26.3. The van der Waals surface area contributed by atoms with Gasteiger partial charge in [-0.3, -0.25) is 0 Å². The summed E-state index contributed by atoms with van der Waals surface area (Å²) < 4.78 is 0. The highest BCUT2D eigenvalue weighted by Gasteiger charge is 2.30. The third kappa shape index (κ3) is 8.67. The van der Waals surface area contributed by atoms with E-state index >= 15 is 0 Å². The van der Waals surface area contributed by atoms with Gasteiger partial charge in [0.1, 0.15) is 0 Å². The molecule has 2 fully saturated rings. The Balaban J connectivity index is 1.35. The molecule has 0 heteroatoms. The minimum absolute atomic E-state index is 0.635. The number of unbranched alkanes of at least 4 members (excludes halogenated alkanes) is 5. The lowest BCUT2D eigenvalue weighted by Gasteiger charge is -2.37. The van der Waals surface area contributed by atoms with Gasteiger partial charge >= 0.3 is 0 Å². The van der Waals surface area contributed by atoms with Crippen molar-refractivity contribution in [1.82, 2.24) is 0 Å². The molecule has 2 aliphatic carbocycles. The Hall–Kier alpha value is -1.22. The van der Waals surface area contributed by atoms with E-state index in [-0.39, 0.29) is 0 Å². The average Bonchev–Trinajstić information content (AvgIpc) is 2.82. The maximum atomic E-state index is 3.63. The zero-order valence-electron chi connectivity index (χ0n) is 20.6. The maximum Gasteiger partial charge on any atom is 0.0245 e. The first kappa shape index (κ1) is 24.4. The van der Waals surface area contributed by atoms with E-state index in [0.717, 1.165) is 17.8 Å². The molecule has 172 valence electrons. The lowest BCUT2D eigenvalue weighted by Crippen LogP contribution is -2.25. The zero-order chi connectivity index (χ0) is 21.7. The van der Waals surface area contributed by atoms with Gasteiger partial charge in [-0.2, -0.15) is 0 Å². The fourth-order valence-electron chi connectivity index (χ4n) is 6.06. The first-order valence-corrected chi connectivity index (χ1v) is 13.9. The molecule has 1 aromatic carbocycles. The topological polar surface area (TPSA) is 0 Å². The van der Waals surface area contributed by atoms with Crippen LogP contribution in [0.4, 0.5) is 0 Å². The van der Waals surface area contributed by atoms with Gasteiger partial charge in [0.05, 0.1) is 0 Å². The van der Waals surface area contributed by atoms with Crippen LogP contribution in [0.15, 0.2) is 24.3 Å². The van der Waals surface area contributed by atoms with Crippen LogP contribution < -0.4 is 0 Å². The highest BCUT2D eigenvalue weighted by Crippen LogP contribution is 2.42. The quantitative estimate of drug-likeness (QED) is 0.261. The molecule has 0 aromatic heterocycles. The van der Waals surface area contributed by atoms with Crippen molar-refractivity contribution < 1.29 is 0 Å². The smallest absolute Gasteiger partial charge is 0.0245 e. The summed E-state index contributed by atoms with van der Waals surface area (Å²) in [5, 5.41) is 0. The third-order valence-corrected chi connectivity index (χ3v) is 8.24. The van der Waals surface area contributed by atoms with Crippen LogP contribution in [0.5, 0.6) is 0 Å². The fraction of sp³-hybridized carbons (Fsp3) is 0.742. The van der Waals surface area contributed by atoms with E-state index in [1.54, 1.807) is 0 Å². The van der Waals surface area contributed by atoms with Crippen molar-refractivity contribution in [3.8, 4) is 11.8 Å². The molecule has 2 saturated carbocycles. The Kier molecular flexibility index (Phi) is 11.1. The van der Waals surface area contributed by atoms with Crippen LogP contribution in [0.2, 0.25) is 0 Å². The molecule has 0 atom stereocenters. The Morgan fingerprint density at radius 3 is 1.94 bits per heavy atom. The molecule has 0 spiro atoms. The number of aryl methyl sites for hydroxylation is 1. The van der Waals surface area contributed by atoms with Gasteiger partial charge in [-0.1, -0.05) is 95.6 Å². The molecule has 0 heterocycles. The molecule has 0 unspecified atom stereocenters. The van der Waals surface area contributed by atoms with Gasteiger partial charge in [-0.15, -0.1) is 0 Å². The zero-order valence-corrected chi connectivity index (χ0v) is 20.6. The summed E-state index contributed by atoms with van der Waals surface area (Å²) in [5.74, 6) is 10.8. The van der Waals surface area contributed by atoms with Gasteiger partial charge in [-0.05, 0) is 86.8 Å². The highest BCUT2D eigenvalue weighted by atomic mass is 14.3. The molecular weight excluding hydrogens is 372 g/mol. The van der Waals surface area contributed by atoms with Crippen molar-refractivity contribution in [2.75, 3.05) is 0 Å². The molecule has 0 aliphatic heterocycles. The number of rotatable bonds is 10. The summed E-state index contributed by atoms with van der Waals surface area (Å²) in [6.07, 6.45) is 24.0. The molecule has 2 aliphatic rings. The van der Waals surface area contributed by atoms with Gasteiger partial charge in [0.2, 0.25) is 0 Å². The molecule has 0 bridgehead atoms. The van der Waals surface area contributed by atoms with Crippen LogP contribution in [0.25, 0.3) is 0 Å². The number of benzene rings is 1. The van der Waals surface area contributed by atoms with E-state index in [9.17, 15) is 0 Å². The van der Waals surface area contributed by atoms with E-state index < -0.39 is 0 Å². The first-order valence-electron chi connectivity index (χ1n) is 13.9. The van der Waals surface area contributed by atoms with Gasteiger partial charge in [0.15, 0.2) is 0 Å². The standard InChI is InChI=1S/C31H48/c1-3-5-7-9-11-26-12-14-28(15-13-26)16-17-29-20-24-31(25-21-29)30-22-18-27(19-23-30)10-8-6-4-2/h12-15,27,29-31H,3-11,18-25H2,1-2H3. The summed E-state index contributed by atoms with van der Waals surface area (Å²) in [7, 11) is 0. The Morgan fingerprint density at radius 1 is 0.677 bits per heavy atom. The monoisotopic (exact) mass is 420 g/mol. The van der Waals surface area contributed by atoms with E-state index in [4.69, 9.17) is 0 Å². The summed E-state index contributed by atoms with van der Waals surface area (Å²) in [6.45, 7) is 4.60. The molecule has 0 radical (unpaired) electrons. The minimum atomic E-state index is 0.635. The van der Waals surface area contributed by atoms with Crippen LogP contribution in [0.1, 0.15) is 128 Å². The van der Waals surface area contributed by atoms with Gasteiger partial charge in [0.25, 0.3) is 0 Å². The van der Waals surface area contributed by atoms with Crippen LogP contribution in [-0.2, 0) is 6.42 Å². The van der Waals surface area contributed by atoms with E-state index in [1.807, 2.05) is 0 Å². The minimum Gasteiger partial charge on any atom is -0.0945 e. The maximum absolute atomic E-state index is 3.63. The molecular formula is C31H48.